The van der Waals surface area contributed by atoms with E-state index in [0.717, 1.165) is 18.7 Å². The Balaban J connectivity index is 1.46. The summed E-state index contributed by atoms with van der Waals surface area (Å²) in [4.78, 5) is 14.7. The molecular weight excluding hydrogens is 348 g/mol. The zero-order valence-corrected chi connectivity index (χ0v) is 16.1. The van der Waals surface area contributed by atoms with Gasteiger partial charge in [0.25, 0.3) is 0 Å². The van der Waals surface area contributed by atoms with Gasteiger partial charge in [-0.05, 0) is 38.0 Å². The van der Waals surface area contributed by atoms with E-state index in [9.17, 15) is 4.79 Å². The van der Waals surface area contributed by atoms with Gasteiger partial charge in [-0.15, -0.1) is 0 Å². The van der Waals surface area contributed by atoms with Gasteiger partial charge in [0.05, 0.1) is 0 Å². The van der Waals surface area contributed by atoms with Crippen molar-refractivity contribution in [3.8, 4) is 0 Å². The van der Waals surface area contributed by atoms with Crippen molar-refractivity contribution in [1.29, 1.82) is 0 Å². The van der Waals surface area contributed by atoms with Crippen molar-refractivity contribution in [2.75, 3.05) is 41.8 Å². The van der Waals surface area contributed by atoms with Crippen molar-refractivity contribution in [1.82, 2.24) is 10.1 Å². The zero-order chi connectivity index (χ0) is 18.4. The fourth-order valence-electron chi connectivity index (χ4n) is 2.85. The summed E-state index contributed by atoms with van der Waals surface area (Å²) >= 11 is 2.04. The van der Waals surface area contributed by atoms with E-state index in [0.29, 0.717) is 11.6 Å². The number of aryl methyl sites for hydroxylation is 1. The molecule has 3 rings (SSSR count). The van der Waals surface area contributed by atoms with Crippen LogP contribution in [-0.2, 0) is 11.2 Å². The molecule has 1 amide bonds. The number of carbonyl (C=O) groups excluding carboxylic acids is 1. The average molecular weight is 375 g/mol. The molecule has 1 aromatic carbocycles. The molecule has 1 aliphatic rings. The maximum absolute atomic E-state index is 12.2. The van der Waals surface area contributed by atoms with E-state index in [-0.39, 0.29) is 11.9 Å². The summed E-state index contributed by atoms with van der Waals surface area (Å²) in [6.07, 6.45) is 1.06. The Morgan fingerprint density at radius 2 is 2.04 bits per heavy atom. The second kappa shape index (κ2) is 9.09. The molecule has 1 aromatic heterocycles. The molecular formula is C19H26N4O2S. The van der Waals surface area contributed by atoms with Gasteiger partial charge in [-0.25, -0.2) is 0 Å². The molecule has 0 radical (unpaired) electrons. The second-order valence-electron chi connectivity index (χ2n) is 6.58. The van der Waals surface area contributed by atoms with Crippen molar-refractivity contribution in [2.24, 2.45) is 0 Å². The highest BCUT2D eigenvalue weighted by molar-refractivity contribution is 7.99. The summed E-state index contributed by atoms with van der Waals surface area (Å²) in [5.41, 5.74) is 2.26. The lowest BCUT2D eigenvalue weighted by molar-refractivity contribution is -0.116. The van der Waals surface area contributed by atoms with Crippen LogP contribution in [0.2, 0.25) is 0 Å². The Kier molecular flexibility index (Phi) is 6.57. The summed E-state index contributed by atoms with van der Waals surface area (Å²) in [6.45, 7) is 7.12. The molecule has 7 heteroatoms. The van der Waals surface area contributed by atoms with Gasteiger partial charge in [0, 0.05) is 42.9 Å². The maximum atomic E-state index is 12.2. The van der Waals surface area contributed by atoms with Crippen LogP contribution in [0.25, 0.3) is 0 Å². The molecule has 2 aromatic rings. The number of hydrogen-bond donors (Lipinski definition) is 2. The molecule has 0 saturated carbocycles. The van der Waals surface area contributed by atoms with Crippen LogP contribution in [0.4, 0.5) is 11.5 Å². The third-order valence-corrected chi connectivity index (χ3v) is 5.37. The van der Waals surface area contributed by atoms with Crippen LogP contribution in [0, 0.1) is 6.92 Å². The van der Waals surface area contributed by atoms with Crippen LogP contribution in [0.1, 0.15) is 18.2 Å². The minimum atomic E-state index is -0.372. The third-order valence-electron chi connectivity index (χ3n) is 4.43. The first-order chi connectivity index (χ1) is 12.6. The standard InChI is InChI=1S/C19H26N4O2S/c1-14-13-18(22-25-14)21-19(24)15(2)20-17-5-3-16(4-6-17)7-8-23-9-11-26-12-10-23/h3-6,13,15,20H,7-12H2,1-2H3,(H,21,22,24)/t15-/m1/s1. The molecule has 1 saturated heterocycles. The first-order valence-electron chi connectivity index (χ1n) is 9.00. The molecule has 2 heterocycles. The van der Waals surface area contributed by atoms with Gasteiger partial charge in [-0.2, -0.15) is 11.8 Å². The molecule has 0 spiro atoms. The van der Waals surface area contributed by atoms with Gasteiger partial charge < -0.3 is 20.1 Å². The molecule has 2 N–H and O–H groups in total. The van der Waals surface area contributed by atoms with E-state index < -0.39 is 0 Å². The lowest BCUT2D eigenvalue weighted by Crippen LogP contribution is -2.34. The summed E-state index contributed by atoms with van der Waals surface area (Å²) < 4.78 is 4.95. The predicted molar refractivity (Wildman–Crippen MR) is 107 cm³/mol. The Bertz CT molecular complexity index is 711. The van der Waals surface area contributed by atoms with E-state index in [1.54, 1.807) is 13.0 Å². The van der Waals surface area contributed by atoms with Gasteiger partial charge in [0.2, 0.25) is 5.91 Å². The lowest BCUT2D eigenvalue weighted by Gasteiger charge is -2.26. The highest BCUT2D eigenvalue weighted by Crippen LogP contribution is 2.14. The fourth-order valence-corrected chi connectivity index (χ4v) is 3.83. The SMILES string of the molecule is Cc1cc(NC(=O)[C@@H](C)Nc2ccc(CCN3CCSCC3)cc2)no1. The smallest absolute Gasteiger partial charge is 0.247 e. The number of anilines is 2. The Hall–Kier alpha value is -1.99. The van der Waals surface area contributed by atoms with E-state index in [4.69, 9.17) is 4.52 Å². The van der Waals surface area contributed by atoms with E-state index in [1.165, 1.54) is 30.2 Å². The fraction of sp³-hybridized carbons (Fsp3) is 0.474. The summed E-state index contributed by atoms with van der Waals surface area (Å²) in [5, 5.41) is 9.73. The van der Waals surface area contributed by atoms with Gasteiger partial charge in [-0.3, -0.25) is 4.79 Å². The largest absolute Gasteiger partial charge is 0.374 e. The van der Waals surface area contributed by atoms with Crippen molar-refractivity contribution >= 4 is 29.2 Å². The molecule has 140 valence electrons. The Labute approximate surface area is 158 Å². The normalized spacial score (nSPS) is 16.2. The van der Waals surface area contributed by atoms with Crippen molar-refractivity contribution in [3.63, 3.8) is 0 Å². The van der Waals surface area contributed by atoms with Crippen LogP contribution in [0.15, 0.2) is 34.9 Å². The van der Waals surface area contributed by atoms with Gasteiger partial charge >= 0.3 is 0 Å². The van der Waals surface area contributed by atoms with Gasteiger partial charge in [0.15, 0.2) is 5.82 Å². The van der Waals surface area contributed by atoms with Crippen molar-refractivity contribution in [2.45, 2.75) is 26.3 Å². The number of aromatic nitrogens is 1. The van der Waals surface area contributed by atoms with E-state index >= 15 is 0 Å². The second-order valence-corrected chi connectivity index (χ2v) is 7.80. The minimum Gasteiger partial charge on any atom is -0.374 e. The molecule has 1 aliphatic heterocycles. The summed E-state index contributed by atoms with van der Waals surface area (Å²) in [6, 6.07) is 9.65. The van der Waals surface area contributed by atoms with Crippen molar-refractivity contribution < 1.29 is 9.32 Å². The first kappa shape index (κ1) is 18.8. The molecule has 1 atom stereocenters. The number of nitrogens with zero attached hydrogens (tertiary/aromatic N) is 2. The maximum Gasteiger partial charge on any atom is 0.247 e. The highest BCUT2D eigenvalue weighted by atomic mass is 32.2. The van der Waals surface area contributed by atoms with E-state index in [1.807, 2.05) is 30.8 Å². The van der Waals surface area contributed by atoms with Crippen LogP contribution in [-0.4, -0.2) is 53.1 Å². The summed E-state index contributed by atoms with van der Waals surface area (Å²) in [7, 11) is 0. The van der Waals surface area contributed by atoms with Gasteiger partial charge in [0.1, 0.15) is 11.8 Å². The number of hydrogen-bond acceptors (Lipinski definition) is 6. The molecule has 6 nitrogen and oxygen atoms in total. The zero-order valence-electron chi connectivity index (χ0n) is 15.3. The number of thioether (sulfide) groups is 1. The Morgan fingerprint density at radius 3 is 2.69 bits per heavy atom. The number of rotatable bonds is 7. The molecule has 0 bridgehead atoms. The predicted octanol–water partition coefficient (Wildman–Crippen LogP) is 3.01. The quantitative estimate of drug-likeness (QED) is 0.776. The third kappa shape index (κ3) is 5.51. The first-order valence-corrected chi connectivity index (χ1v) is 10.2. The molecule has 0 unspecified atom stereocenters. The van der Waals surface area contributed by atoms with E-state index in [2.05, 4.69) is 32.8 Å². The van der Waals surface area contributed by atoms with Crippen LogP contribution < -0.4 is 10.6 Å². The van der Waals surface area contributed by atoms with Crippen LogP contribution in [0.3, 0.4) is 0 Å². The lowest BCUT2D eigenvalue weighted by atomic mass is 10.1. The summed E-state index contributed by atoms with van der Waals surface area (Å²) in [5.74, 6) is 3.45. The molecule has 1 fully saturated rings. The minimum absolute atomic E-state index is 0.148. The monoisotopic (exact) mass is 374 g/mol. The Morgan fingerprint density at radius 1 is 1.31 bits per heavy atom. The highest BCUT2D eigenvalue weighted by Gasteiger charge is 2.15. The topological polar surface area (TPSA) is 70.4 Å². The number of carbonyl (C=O) groups is 1. The van der Waals surface area contributed by atoms with Gasteiger partial charge in [-0.1, -0.05) is 17.3 Å². The van der Waals surface area contributed by atoms with Crippen molar-refractivity contribution in [3.05, 3.63) is 41.7 Å². The number of nitrogens with one attached hydrogen (secondary N) is 2. The van der Waals surface area contributed by atoms with Crippen LogP contribution in [0.5, 0.6) is 0 Å². The molecule has 0 aliphatic carbocycles. The number of benzene rings is 1. The molecule has 26 heavy (non-hydrogen) atoms. The average Bonchev–Trinajstić information content (AvgIpc) is 3.06. The number of amides is 1. The van der Waals surface area contributed by atoms with Crippen LogP contribution >= 0.6 is 11.8 Å².